The number of nitrogens with one attached hydrogen (secondary N) is 1. The van der Waals surface area contributed by atoms with Crippen molar-refractivity contribution in [1.29, 1.82) is 0 Å². The molecule has 2 heteroatoms. The molecule has 76 valence electrons. The molecule has 0 unspecified atom stereocenters. The van der Waals surface area contributed by atoms with Crippen molar-refractivity contribution in [3.63, 3.8) is 0 Å². The van der Waals surface area contributed by atoms with E-state index in [2.05, 4.69) is 11.9 Å². The molecule has 3 rings (SSSR count). The third-order valence-corrected chi connectivity index (χ3v) is 3.77. The van der Waals surface area contributed by atoms with Crippen LogP contribution in [0.1, 0.15) is 48.2 Å². The lowest BCUT2D eigenvalue weighted by atomic mass is 9.91. The summed E-state index contributed by atoms with van der Waals surface area (Å²) in [6, 6.07) is 0. The van der Waals surface area contributed by atoms with Crippen molar-refractivity contribution in [3.05, 3.63) is 22.5 Å². The van der Waals surface area contributed by atoms with Crippen LogP contribution in [0.2, 0.25) is 0 Å². The molecule has 0 bridgehead atoms. The molecule has 0 saturated heterocycles. The molecule has 3 N–H and O–H groups in total. The molecule has 0 radical (unpaired) electrons. The van der Waals surface area contributed by atoms with Crippen LogP contribution in [0.4, 0.5) is 0 Å². The Kier molecular flexibility index (Phi) is 1.61. The highest BCUT2D eigenvalue weighted by atomic mass is 14.9. The van der Waals surface area contributed by atoms with Crippen LogP contribution in [0, 0.1) is 6.92 Å². The van der Waals surface area contributed by atoms with E-state index in [4.69, 9.17) is 5.73 Å². The Morgan fingerprint density at radius 1 is 1.21 bits per heavy atom. The molecule has 1 aromatic heterocycles. The van der Waals surface area contributed by atoms with Gasteiger partial charge in [0.15, 0.2) is 0 Å². The van der Waals surface area contributed by atoms with Gasteiger partial charge >= 0.3 is 0 Å². The summed E-state index contributed by atoms with van der Waals surface area (Å²) < 4.78 is 0. The fourth-order valence-electron chi connectivity index (χ4n) is 2.89. The first-order valence-corrected chi connectivity index (χ1v) is 5.70. The minimum Gasteiger partial charge on any atom is -0.362 e. The number of aryl methyl sites for hydroxylation is 2. The Labute approximate surface area is 84.9 Å². The van der Waals surface area contributed by atoms with Gasteiger partial charge in [0, 0.05) is 16.9 Å². The average Bonchev–Trinajstić information content (AvgIpc) is 2.79. The van der Waals surface area contributed by atoms with Crippen LogP contribution in [0.5, 0.6) is 0 Å². The Bertz CT molecular complexity index is 372. The fraction of sp³-hybridized carbons (Fsp3) is 0.667. The molecular formula is C12H18N2. The van der Waals surface area contributed by atoms with E-state index in [1.807, 2.05) is 0 Å². The number of fused-ring (bicyclic) bond motifs is 1. The minimum absolute atomic E-state index is 0.0471. The molecular weight excluding hydrogens is 172 g/mol. The second-order valence-corrected chi connectivity index (χ2v) is 4.95. The van der Waals surface area contributed by atoms with Gasteiger partial charge < -0.3 is 10.7 Å². The maximum absolute atomic E-state index is 6.32. The lowest BCUT2D eigenvalue weighted by Gasteiger charge is -2.16. The van der Waals surface area contributed by atoms with Crippen molar-refractivity contribution in [2.75, 3.05) is 0 Å². The third-order valence-electron chi connectivity index (χ3n) is 3.77. The molecule has 1 fully saturated rings. The minimum atomic E-state index is 0.0471. The van der Waals surface area contributed by atoms with E-state index in [0.717, 1.165) is 0 Å². The molecule has 2 nitrogen and oxygen atoms in total. The largest absolute Gasteiger partial charge is 0.362 e. The van der Waals surface area contributed by atoms with Crippen molar-refractivity contribution in [3.8, 4) is 0 Å². The molecule has 14 heavy (non-hydrogen) atoms. The average molecular weight is 190 g/mol. The standard InChI is InChI=1S/C12H18N2/c1-8-11(12(13)6-7-12)9-4-2-3-5-10(9)14-8/h14H,2-7,13H2,1H3. The molecule has 2 aliphatic carbocycles. The summed E-state index contributed by atoms with van der Waals surface area (Å²) in [5, 5.41) is 0. The summed E-state index contributed by atoms with van der Waals surface area (Å²) in [6.45, 7) is 2.18. The molecule has 0 atom stereocenters. The summed E-state index contributed by atoms with van der Waals surface area (Å²) in [7, 11) is 0. The van der Waals surface area contributed by atoms with E-state index in [0.29, 0.717) is 0 Å². The van der Waals surface area contributed by atoms with Crippen molar-refractivity contribution < 1.29 is 0 Å². The van der Waals surface area contributed by atoms with Crippen LogP contribution in [0.3, 0.4) is 0 Å². The Morgan fingerprint density at radius 2 is 1.93 bits per heavy atom. The second kappa shape index (κ2) is 2.63. The molecule has 0 amide bonds. The summed E-state index contributed by atoms with van der Waals surface area (Å²) in [4.78, 5) is 3.53. The number of hydrogen-bond acceptors (Lipinski definition) is 1. The highest BCUT2D eigenvalue weighted by Gasteiger charge is 2.44. The van der Waals surface area contributed by atoms with Crippen molar-refractivity contribution in [2.45, 2.75) is 51.0 Å². The highest BCUT2D eigenvalue weighted by molar-refractivity contribution is 5.45. The number of rotatable bonds is 1. The van der Waals surface area contributed by atoms with Gasteiger partial charge in [0.1, 0.15) is 0 Å². The lowest BCUT2D eigenvalue weighted by molar-refractivity contribution is 0.656. The molecule has 1 saturated carbocycles. The molecule has 0 aromatic carbocycles. The zero-order valence-corrected chi connectivity index (χ0v) is 8.82. The van der Waals surface area contributed by atoms with E-state index in [-0.39, 0.29) is 5.54 Å². The van der Waals surface area contributed by atoms with Gasteiger partial charge in [-0.2, -0.15) is 0 Å². The summed E-state index contributed by atoms with van der Waals surface area (Å²) in [6.07, 6.45) is 7.51. The van der Waals surface area contributed by atoms with Crippen LogP contribution >= 0.6 is 0 Å². The lowest BCUT2D eigenvalue weighted by Crippen LogP contribution is -2.21. The van der Waals surface area contributed by atoms with E-state index >= 15 is 0 Å². The maximum atomic E-state index is 6.32. The Hall–Kier alpha value is -0.760. The van der Waals surface area contributed by atoms with Gasteiger partial charge in [0.05, 0.1) is 0 Å². The molecule has 0 spiro atoms. The van der Waals surface area contributed by atoms with E-state index in [1.165, 1.54) is 55.5 Å². The van der Waals surface area contributed by atoms with Crippen LogP contribution in [0.25, 0.3) is 0 Å². The Morgan fingerprint density at radius 3 is 2.64 bits per heavy atom. The van der Waals surface area contributed by atoms with Gasteiger partial charge in [0.25, 0.3) is 0 Å². The molecule has 2 aliphatic rings. The van der Waals surface area contributed by atoms with Gasteiger partial charge in [-0.15, -0.1) is 0 Å². The fourth-order valence-corrected chi connectivity index (χ4v) is 2.89. The second-order valence-electron chi connectivity index (χ2n) is 4.95. The normalized spacial score (nSPS) is 23.3. The number of aromatic amines is 1. The summed E-state index contributed by atoms with van der Waals surface area (Å²) in [5.74, 6) is 0. The quantitative estimate of drug-likeness (QED) is 0.700. The monoisotopic (exact) mass is 190 g/mol. The smallest absolute Gasteiger partial charge is 0.0431 e. The first kappa shape index (κ1) is 8.54. The first-order valence-electron chi connectivity index (χ1n) is 5.70. The van der Waals surface area contributed by atoms with Crippen LogP contribution in [0.15, 0.2) is 0 Å². The van der Waals surface area contributed by atoms with Crippen LogP contribution < -0.4 is 5.73 Å². The third kappa shape index (κ3) is 1.07. The molecule has 1 heterocycles. The number of nitrogens with two attached hydrogens (primary N) is 1. The van der Waals surface area contributed by atoms with Gasteiger partial charge in [-0.3, -0.25) is 0 Å². The highest BCUT2D eigenvalue weighted by Crippen LogP contribution is 2.47. The zero-order chi connectivity index (χ0) is 9.76. The van der Waals surface area contributed by atoms with E-state index in [1.54, 1.807) is 5.56 Å². The van der Waals surface area contributed by atoms with Gasteiger partial charge in [-0.25, -0.2) is 0 Å². The number of hydrogen-bond donors (Lipinski definition) is 2. The molecule has 0 aliphatic heterocycles. The zero-order valence-electron chi connectivity index (χ0n) is 8.82. The first-order chi connectivity index (χ1) is 6.71. The summed E-state index contributed by atoms with van der Waals surface area (Å²) >= 11 is 0. The topological polar surface area (TPSA) is 41.8 Å². The predicted octanol–water partition coefficient (Wildman–Crippen LogP) is 2.15. The predicted molar refractivity (Wildman–Crippen MR) is 57.3 cm³/mol. The van der Waals surface area contributed by atoms with Crippen LogP contribution in [-0.4, -0.2) is 4.98 Å². The van der Waals surface area contributed by atoms with E-state index < -0.39 is 0 Å². The molecule has 1 aromatic rings. The van der Waals surface area contributed by atoms with Gasteiger partial charge in [-0.05, 0) is 56.6 Å². The maximum Gasteiger partial charge on any atom is 0.0431 e. The van der Waals surface area contributed by atoms with Gasteiger partial charge in [0.2, 0.25) is 0 Å². The van der Waals surface area contributed by atoms with Crippen LogP contribution in [-0.2, 0) is 18.4 Å². The number of H-pyrrole nitrogens is 1. The SMILES string of the molecule is Cc1[nH]c2c(c1C1(N)CC1)CCCC2. The van der Waals surface area contributed by atoms with Crippen molar-refractivity contribution in [1.82, 2.24) is 4.98 Å². The summed E-state index contributed by atoms with van der Waals surface area (Å²) in [5.41, 5.74) is 12.2. The van der Waals surface area contributed by atoms with Crippen molar-refractivity contribution >= 4 is 0 Å². The Balaban J connectivity index is 2.13. The van der Waals surface area contributed by atoms with Crippen molar-refractivity contribution in [2.24, 2.45) is 5.73 Å². The van der Waals surface area contributed by atoms with E-state index in [9.17, 15) is 0 Å². The number of aromatic nitrogens is 1. The van der Waals surface area contributed by atoms with Gasteiger partial charge in [-0.1, -0.05) is 0 Å².